The fourth-order valence-corrected chi connectivity index (χ4v) is 2.68. The minimum absolute atomic E-state index is 0.0459. The smallest absolute Gasteiger partial charge is 0.291 e. The lowest BCUT2D eigenvalue weighted by molar-refractivity contribution is 0.0707. The van der Waals surface area contributed by atoms with Crippen LogP contribution >= 0.6 is 0 Å². The van der Waals surface area contributed by atoms with Crippen molar-refractivity contribution in [2.75, 3.05) is 13.1 Å². The van der Waals surface area contributed by atoms with Crippen LogP contribution in [0.4, 0.5) is 0 Å². The van der Waals surface area contributed by atoms with Crippen molar-refractivity contribution in [2.45, 2.75) is 32.2 Å². The van der Waals surface area contributed by atoms with E-state index < -0.39 is 0 Å². The molecule has 7 nitrogen and oxygen atoms in total. The zero-order chi connectivity index (χ0) is 13.7. The number of hydrogen-bond donors (Lipinski definition) is 1. The summed E-state index contributed by atoms with van der Waals surface area (Å²) in [5.41, 5.74) is 1.94. The molecule has 20 heavy (non-hydrogen) atoms. The van der Waals surface area contributed by atoms with Gasteiger partial charge in [0, 0.05) is 31.2 Å². The number of carbonyl (C=O) groups is 1. The van der Waals surface area contributed by atoms with E-state index in [1.54, 1.807) is 4.90 Å². The van der Waals surface area contributed by atoms with Crippen molar-refractivity contribution in [2.24, 2.45) is 0 Å². The molecule has 0 unspecified atom stereocenters. The highest BCUT2D eigenvalue weighted by Gasteiger charge is 2.30. The van der Waals surface area contributed by atoms with E-state index in [1.165, 1.54) is 12.8 Å². The summed E-state index contributed by atoms with van der Waals surface area (Å²) >= 11 is 0. The van der Waals surface area contributed by atoms with E-state index in [-0.39, 0.29) is 5.91 Å². The fraction of sp³-hybridized carbons (Fsp3) is 0.538. The van der Waals surface area contributed by atoms with E-state index in [9.17, 15) is 4.79 Å². The normalized spacial score (nSPS) is 18.4. The number of amides is 1. The molecule has 1 amide bonds. The van der Waals surface area contributed by atoms with Gasteiger partial charge < -0.3 is 4.90 Å². The molecule has 2 aromatic rings. The maximum Gasteiger partial charge on any atom is 0.291 e. The zero-order valence-corrected chi connectivity index (χ0v) is 11.3. The lowest BCUT2D eigenvalue weighted by Crippen LogP contribution is -2.40. The first kappa shape index (κ1) is 11.6. The molecule has 0 bridgehead atoms. The van der Waals surface area contributed by atoms with Gasteiger partial charge in [-0.1, -0.05) is 0 Å². The summed E-state index contributed by atoms with van der Waals surface area (Å²) in [6.45, 7) is 4.10. The van der Waals surface area contributed by atoms with Gasteiger partial charge >= 0.3 is 0 Å². The summed E-state index contributed by atoms with van der Waals surface area (Å²) in [4.78, 5) is 14.0. The molecule has 0 aromatic carbocycles. The number of fused-ring (bicyclic) bond motifs is 1. The number of rotatable bonds is 3. The van der Waals surface area contributed by atoms with Crippen molar-refractivity contribution in [3.8, 4) is 11.5 Å². The number of carbonyl (C=O) groups excluding carboxylic acids is 1. The van der Waals surface area contributed by atoms with E-state index in [0.29, 0.717) is 30.7 Å². The Morgan fingerprint density at radius 1 is 1.30 bits per heavy atom. The Balaban J connectivity index is 1.71. The Morgan fingerprint density at radius 2 is 2.10 bits per heavy atom. The monoisotopic (exact) mass is 272 g/mol. The molecule has 2 aliphatic rings. The molecule has 7 heteroatoms. The molecule has 0 radical (unpaired) electrons. The Morgan fingerprint density at radius 3 is 2.85 bits per heavy atom. The first-order chi connectivity index (χ1) is 9.78. The van der Waals surface area contributed by atoms with Crippen LogP contribution < -0.4 is 0 Å². The second-order valence-corrected chi connectivity index (χ2v) is 5.37. The largest absolute Gasteiger partial charge is 0.334 e. The Hall–Kier alpha value is -2.18. The zero-order valence-electron chi connectivity index (χ0n) is 11.3. The van der Waals surface area contributed by atoms with Crippen molar-refractivity contribution in [3.05, 3.63) is 17.6 Å². The minimum atomic E-state index is -0.0459. The number of nitrogens with zero attached hydrogens (tertiary/aromatic N) is 5. The van der Waals surface area contributed by atoms with E-state index in [4.69, 9.17) is 0 Å². The third-order valence-electron chi connectivity index (χ3n) is 4.05. The van der Waals surface area contributed by atoms with Crippen molar-refractivity contribution in [3.63, 3.8) is 0 Å². The van der Waals surface area contributed by atoms with Crippen LogP contribution in [0.2, 0.25) is 0 Å². The summed E-state index contributed by atoms with van der Waals surface area (Å²) in [7, 11) is 0. The highest BCUT2D eigenvalue weighted by atomic mass is 16.2. The van der Waals surface area contributed by atoms with Crippen LogP contribution in [-0.2, 0) is 6.54 Å². The van der Waals surface area contributed by atoms with Gasteiger partial charge in [-0.2, -0.15) is 5.10 Å². The standard InChI is InChI=1S/C13H16N6O/c1-2-18-5-6-19-11(16-17-12(19)13(18)20)10-7-9(14-15-10)8-3-4-8/h7-8H,2-6H2,1H3,(H,14,15). The van der Waals surface area contributed by atoms with Crippen molar-refractivity contribution in [1.29, 1.82) is 0 Å². The van der Waals surface area contributed by atoms with Crippen LogP contribution in [0.5, 0.6) is 0 Å². The second kappa shape index (κ2) is 4.16. The van der Waals surface area contributed by atoms with E-state index in [1.807, 2.05) is 17.6 Å². The Labute approximate surface area is 116 Å². The molecule has 3 heterocycles. The van der Waals surface area contributed by atoms with E-state index in [2.05, 4.69) is 20.4 Å². The van der Waals surface area contributed by atoms with Gasteiger partial charge in [0.15, 0.2) is 5.82 Å². The Bertz CT molecular complexity index is 668. The predicted molar refractivity (Wildman–Crippen MR) is 71.2 cm³/mol. The molecular formula is C13H16N6O. The number of nitrogens with one attached hydrogen (secondary N) is 1. The summed E-state index contributed by atoms with van der Waals surface area (Å²) in [6, 6.07) is 2.03. The van der Waals surface area contributed by atoms with Crippen LogP contribution in [0, 0.1) is 0 Å². The number of aromatic nitrogens is 5. The molecule has 2 aromatic heterocycles. The average molecular weight is 272 g/mol. The lowest BCUT2D eigenvalue weighted by atomic mass is 10.2. The van der Waals surface area contributed by atoms with Crippen LogP contribution in [0.3, 0.4) is 0 Å². The second-order valence-electron chi connectivity index (χ2n) is 5.37. The van der Waals surface area contributed by atoms with Crippen LogP contribution in [-0.4, -0.2) is 48.9 Å². The van der Waals surface area contributed by atoms with Crippen molar-refractivity contribution >= 4 is 5.91 Å². The van der Waals surface area contributed by atoms with E-state index >= 15 is 0 Å². The maximum atomic E-state index is 12.2. The first-order valence-electron chi connectivity index (χ1n) is 7.06. The number of likely N-dealkylation sites (N-methyl/N-ethyl adjacent to an activating group) is 1. The SMILES string of the molecule is CCN1CCn2c(nnc2-c2cc(C3CC3)[nH]n2)C1=O. The summed E-state index contributed by atoms with van der Waals surface area (Å²) < 4.78 is 1.88. The molecule has 0 saturated heterocycles. The minimum Gasteiger partial charge on any atom is -0.334 e. The maximum absolute atomic E-state index is 12.2. The number of H-pyrrole nitrogens is 1. The summed E-state index contributed by atoms with van der Waals surface area (Å²) in [6.07, 6.45) is 2.45. The molecule has 1 saturated carbocycles. The lowest BCUT2D eigenvalue weighted by Gasteiger charge is -2.25. The first-order valence-corrected chi connectivity index (χ1v) is 7.06. The van der Waals surface area contributed by atoms with Crippen LogP contribution in [0.1, 0.15) is 42.0 Å². The molecular weight excluding hydrogens is 256 g/mol. The third kappa shape index (κ3) is 1.65. The van der Waals surface area contributed by atoms with Gasteiger partial charge in [0.2, 0.25) is 5.82 Å². The summed E-state index contributed by atoms with van der Waals surface area (Å²) in [5, 5.41) is 15.6. The van der Waals surface area contributed by atoms with Gasteiger partial charge in [0.05, 0.1) is 0 Å². The van der Waals surface area contributed by atoms with Crippen LogP contribution in [0.25, 0.3) is 11.5 Å². The number of hydrogen-bond acceptors (Lipinski definition) is 4. The highest BCUT2D eigenvalue weighted by Crippen LogP contribution is 2.39. The molecule has 4 rings (SSSR count). The molecule has 0 spiro atoms. The molecule has 0 atom stereocenters. The topological polar surface area (TPSA) is 79.7 Å². The molecule has 1 aliphatic carbocycles. The molecule has 1 N–H and O–H groups in total. The van der Waals surface area contributed by atoms with Crippen LogP contribution in [0.15, 0.2) is 6.07 Å². The quantitative estimate of drug-likeness (QED) is 0.904. The van der Waals surface area contributed by atoms with Gasteiger partial charge in [-0.3, -0.25) is 14.5 Å². The fourth-order valence-electron chi connectivity index (χ4n) is 2.68. The number of aromatic amines is 1. The van der Waals surface area contributed by atoms with Gasteiger partial charge in [-0.25, -0.2) is 0 Å². The molecule has 104 valence electrons. The highest BCUT2D eigenvalue weighted by molar-refractivity contribution is 5.92. The van der Waals surface area contributed by atoms with Gasteiger partial charge in [0.25, 0.3) is 5.91 Å². The van der Waals surface area contributed by atoms with Gasteiger partial charge in [0.1, 0.15) is 5.69 Å². The molecule has 1 aliphatic heterocycles. The summed E-state index contributed by atoms with van der Waals surface area (Å²) in [5.74, 6) is 1.68. The molecule has 1 fully saturated rings. The van der Waals surface area contributed by atoms with Gasteiger partial charge in [-0.05, 0) is 25.8 Å². The Kier molecular flexibility index (Phi) is 2.42. The van der Waals surface area contributed by atoms with Gasteiger partial charge in [-0.15, -0.1) is 10.2 Å². The third-order valence-corrected chi connectivity index (χ3v) is 4.05. The van der Waals surface area contributed by atoms with E-state index in [0.717, 1.165) is 17.9 Å². The van der Waals surface area contributed by atoms with Crippen molar-refractivity contribution in [1.82, 2.24) is 29.9 Å². The predicted octanol–water partition coefficient (Wildman–Crippen LogP) is 1.02. The van der Waals surface area contributed by atoms with Crippen molar-refractivity contribution < 1.29 is 4.79 Å². The average Bonchev–Trinajstić information content (AvgIpc) is 3.03.